The minimum atomic E-state index is -1.18. The molecule has 0 N–H and O–H groups in total. The number of benzene rings is 1. The number of alkyl halides is 1. The van der Waals surface area contributed by atoms with Gasteiger partial charge in [-0.2, -0.15) is 0 Å². The van der Waals surface area contributed by atoms with E-state index < -0.39 is 22.8 Å². The van der Waals surface area contributed by atoms with E-state index >= 15 is 0 Å². The Bertz CT molecular complexity index is 401. The molecule has 0 bridgehead atoms. The first-order chi connectivity index (χ1) is 7.50. The molecular formula is C12H12ClF3. The van der Waals surface area contributed by atoms with E-state index in [2.05, 4.69) is 0 Å². The number of rotatable bonds is 3. The molecule has 0 amide bonds. The van der Waals surface area contributed by atoms with Crippen molar-refractivity contribution in [3.63, 3.8) is 0 Å². The van der Waals surface area contributed by atoms with Crippen LogP contribution in [0.5, 0.6) is 0 Å². The lowest BCUT2D eigenvalue weighted by atomic mass is 9.95. The summed E-state index contributed by atoms with van der Waals surface area (Å²) < 4.78 is 39.2. The van der Waals surface area contributed by atoms with Gasteiger partial charge in [0.2, 0.25) is 0 Å². The predicted octanol–water partition coefficient (Wildman–Crippen LogP) is 4.43. The second-order valence-corrected chi connectivity index (χ2v) is 4.86. The molecule has 0 spiro atoms. The summed E-state index contributed by atoms with van der Waals surface area (Å²) in [6.45, 7) is 1.91. The molecule has 16 heavy (non-hydrogen) atoms. The summed E-state index contributed by atoms with van der Waals surface area (Å²) >= 11 is 6.09. The highest BCUT2D eigenvalue weighted by Gasteiger charge is 2.34. The standard InChI is InChI=1S/C12H12ClF3/c1-6(7-2-3-7)12(13)8-4-10(15)11(16)5-9(8)14/h4-7,12H,2-3H2,1H3. The van der Waals surface area contributed by atoms with Gasteiger partial charge in [-0.25, -0.2) is 13.2 Å². The Morgan fingerprint density at radius 1 is 1.12 bits per heavy atom. The van der Waals surface area contributed by atoms with Crippen molar-refractivity contribution in [2.75, 3.05) is 0 Å². The SMILES string of the molecule is CC(C1CC1)C(Cl)c1cc(F)c(F)cc1F. The Morgan fingerprint density at radius 3 is 2.25 bits per heavy atom. The first-order valence-electron chi connectivity index (χ1n) is 5.29. The van der Waals surface area contributed by atoms with E-state index in [9.17, 15) is 13.2 Å². The van der Waals surface area contributed by atoms with Gasteiger partial charge < -0.3 is 0 Å². The Labute approximate surface area is 97.4 Å². The Hall–Kier alpha value is -0.700. The van der Waals surface area contributed by atoms with E-state index in [-0.39, 0.29) is 11.5 Å². The molecule has 1 fully saturated rings. The highest BCUT2D eigenvalue weighted by Crippen LogP contribution is 2.45. The van der Waals surface area contributed by atoms with Crippen LogP contribution in [0.3, 0.4) is 0 Å². The van der Waals surface area contributed by atoms with E-state index in [1.165, 1.54) is 0 Å². The van der Waals surface area contributed by atoms with Crippen LogP contribution in [0.15, 0.2) is 12.1 Å². The third kappa shape index (κ3) is 2.19. The molecule has 2 unspecified atom stereocenters. The second-order valence-electron chi connectivity index (χ2n) is 4.39. The van der Waals surface area contributed by atoms with Gasteiger partial charge in [0.15, 0.2) is 11.6 Å². The first-order valence-corrected chi connectivity index (χ1v) is 5.73. The summed E-state index contributed by atoms with van der Waals surface area (Å²) in [6, 6.07) is 1.42. The van der Waals surface area contributed by atoms with Crippen molar-refractivity contribution in [1.29, 1.82) is 0 Å². The molecule has 0 aromatic heterocycles. The van der Waals surface area contributed by atoms with Crippen molar-refractivity contribution in [3.8, 4) is 0 Å². The van der Waals surface area contributed by atoms with Crippen LogP contribution in [0, 0.1) is 29.3 Å². The van der Waals surface area contributed by atoms with E-state index in [0.717, 1.165) is 18.9 Å². The zero-order chi connectivity index (χ0) is 11.9. The van der Waals surface area contributed by atoms with E-state index in [1.54, 1.807) is 0 Å². The van der Waals surface area contributed by atoms with Crippen molar-refractivity contribution in [2.24, 2.45) is 11.8 Å². The monoisotopic (exact) mass is 248 g/mol. The first kappa shape index (κ1) is 11.8. The lowest BCUT2D eigenvalue weighted by molar-refractivity contribution is 0.457. The Morgan fingerprint density at radius 2 is 1.69 bits per heavy atom. The number of halogens is 4. The van der Waals surface area contributed by atoms with Crippen LogP contribution in [0.2, 0.25) is 0 Å². The molecule has 4 heteroatoms. The van der Waals surface area contributed by atoms with Gasteiger partial charge in [0.25, 0.3) is 0 Å². The largest absolute Gasteiger partial charge is 0.207 e. The van der Waals surface area contributed by atoms with Crippen LogP contribution >= 0.6 is 11.6 Å². The molecule has 88 valence electrons. The van der Waals surface area contributed by atoms with E-state index in [1.807, 2.05) is 6.92 Å². The Kier molecular flexibility index (Phi) is 3.15. The third-order valence-corrected chi connectivity index (χ3v) is 3.80. The molecule has 1 aromatic carbocycles. The average molecular weight is 249 g/mol. The summed E-state index contributed by atoms with van der Waals surface area (Å²) in [4.78, 5) is 0. The second kappa shape index (κ2) is 4.28. The molecule has 1 aromatic rings. The maximum atomic E-state index is 13.4. The number of hydrogen-bond acceptors (Lipinski definition) is 0. The molecule has 1 aliphatic carbocycles. The minimum absolute atomic E-state index is 0.0555. The van der Waals surface area contributed by atoms with Crippen LogP contribution < -0.4 is 0 Å². The molecule has 0 heterocycles. The van der Waals surface area contributed by atoms with Crippen LogP contribution in [0.1, 0.15) is 30.7 Å². The summed E-state index contributed by atoms with van der Waals surface area (Å²) in [5, 5.41) is -0.595. The lowest BCUT2D eigenvalue weighted by Gasteiger charge is -2.18. The van der Waals surface area contributed by atoms with Gasteiger partial charge in [0.1, 0.15) is 5.82 Å². The maximum Gasteiger partial charge on any atom is 0.161 e. The minimum Gasteiger partial charge on any atom is -0.207 e. The van der Waals surface area contributed by atoms with Crippen molar-refractivity contribution < 1.29 is 13.2 Å². The van der Waals surface area contributed by atoms with Crippen LogP contribution in [-0.2, 0) is 0 Å². The predicted molar refractivity (Wildman–Crippen MR) is 56.8 cm³/mol. The quantitative estimate of drug-likeness (QED) is 0.548. The third-order valence-electron chi connectivity index (χ3n) is 3.16. The summed E-state index contributed by atoms with van der Waals surface area (Å²) in [5.74, 6) is -2.43. The zero-order valence-electron chi connectivity index (χ0n) is 8.81. The normalized spacial score (nSPS) is 19.6. The van der Waals surface area contributed by atoms with Crippen molar-refractivity contribution in [3.05, 3.63) is 35.1 Å². The molecule has 0 saturated heterocycles. The lowest BCUT2D eigenvalue weighted by Crippen LogP contribution is -2.09. The highest BCUT2D eigenvalue weighted by atomic mass is 35.5. The zero-order valence-corrected chi connectivity index (χ0v) is 9.57. The number of hydrogen-bond donors (Lipinski definition) is 0. The van der Waals surface area contributed by atoms with Crippen LogP contribution in [-0.4, -0.2) is 0 Å². The molecule has 0 aliphatic heterocycles. The molecular weight excluding hydrogens is 237 g/mol. The fourth-order valence-corrected chi connectivity index (χ4v) is 2.27. The van der Waals surface area contributed by atoms with Gasteiger partial charge in [-0.3, -0.25) is 0 Å². The average Bonchev–Trinajstić information content (AvgIpc) is 3.05. The van der Waals surface area contributed by atoms with Gasteiger partial charge in [-0.15, -0.1) is 11.6 Å². The van der Waals surface area contributed by atoms with Gasteiger partial charge in [-0.1, -0.05) is 6.92 Å². The fraction of sp³-hybridized carbons (Fsp3) is 0.500. The van der Waals surface area contributed by atoms with E-state index in [4.69, 9.17) is 11.6 Å². The summed E-state index contributed by atoms with van der Waals surface area (Å²) in [6.07, 6.45) is 2.16. The summed E-state index contributed by atoms with van der Waals surface area (Å²) in [5.41, 5.74) is 0.0555. The van der Waals surface area contributed by atoms with Crippen molar-refractivity contribution >= 4 is 11.6 Å². The maximum absolute atomic E-state index is 13.4. The van der Waals surface area contributed by atoms with Crippen molar-refractivity contribution in [1.82, 2.24) is 0 Å². The van der Waals surface area contributed by atoms with E-state index in [0.29, 0.717) is 12.0 Å². The molecule has 2 atom stereocenters. The summed E-state index contributed by atoms with van der Waals surface area (Å²) in [7, 11) is 0. The van der Waals surface area contributed by atoms with Gasteiger partial charge in [-0.05, 0) is 30.7 Å². The Balaban J connectivity index is 2.28. The molecule has 2 rings (SSSR count). The van der Waals surface area contributed by atoms with Gasteiger partial charge in [0.05, 0.1) is 5.38 Å². The van der Waals surface area contributed by atoms with Gasteiger partial charge >= 0.3 is 0 Å². The highest BCUT2D eigenvalue weighted by molar-refractivity contribution is 6.21. The van der Waals surface area contributed by atoms with Crippen LogP contribution in [0.25, 0.3) is 0 Å². The van der Waals surface area contributed by atoms with Crippen LogP contribution in [0.4, 0.5) is 13.2 Å². The fourth-order valence-electron chi connectivity index (χ4n) is 1.89. The molecule has 0 radical (unpaired) electrons. The topological polar surface area (TPSA) is 0 Å². The molecule has 1 aliphatic rings. The van der Waals surface area contributed by atoms with Gasteiger partial charge in [0, 0.05) is 11.6 Å². The molecule has 0 nitrogen and oxygen atoms in total. The molecule has 1 saturated carbocycles. The smallest absolute Gasteiger partial charge is 0.161 e. The van der Waals surface area contributed by atoms with Crippen molar-refractivity contribution in [2.45, 2.75) is 25.1 Å².